The van der Waals surface area contributed by atoms with Gasteiger partial charge in [-0.05, 0) is 30.5 Å². The van der Waals surface area contributed by atoms with Gasteiger partial charge in [0.25, 0.3) is 5.91 Å². The van der Waals surface area contributed by atoms with E-state index in [-0.39, 0.29) is 12.5 Å². The Morgan fingerprint density at radius 1 is 1.45 bits per heavy atom. The lowest BCUT2D eigenvalue weighted by atomic mass is 10.1. The number of pyridine rings is 1. The Bertz CT molecular complexity index is 774. The third-order valence-electron chi connectivity index (χ3n) is 2.86. The lowest BCUT2D eigenvalue weighted by Gasteiger charge is -2.16. The lowest BCUT2D eigenvalue weighted by molar-refractivity contribution is -0.124. The van der Waals surface area contributed by atoms with Crippen LogP contribution in [0.4, 0.5) is 0 Å². The summed E-state index contributed by atoms with van der Waals surface area (Å²) in [4.78, 5) is 16.2. The molecule has 0 radical (unpaired) electrons. The summed E-state index contributed by atoms with van der Waals surface area (Å²) in [5, 5.41) is 3.46. The molecule has 4 nitrogen and oxygen atoms in total. The monoisotopic (exact) mass is 310 g/mol. The van der Waals surface area contributed by atoms with Gasteiger partial charge in [0.2, 0.25) is 5.44 Å². The summed E-state index contributed by atoms with van der Waals surface area (Å²) in [7, 11) is 0. The molecule has 2 aromatic rings. The Balaban J connectivity index is 2.21. The fourth-order valence-electron chi connectivity index (χ4n) is 1.82. The van der Waals surface area contributed by atoms with E-state index in [0.29, 0.717) is 11.3 Å². The highest BCUT2D eigenvalue weighted by molar-refractivity contribution is 7.99. The zero-order valence-corrected chi connectivity index (χ0v) is 12.8. The van der Waals surface area contributed by atoms with Crippen LogP contribution in [0.15, 0.2) is 30.5 Å². The predicted molar refractivity (Wildman–Crippen MR) is 89.5 cm³/mol. The van der Waals surface area contributed by atoms with Crippen molar-refractivity contribution in [1.29, 1.82) is 0 Å². The van der Waals surface area contributed by atoms with Crippen LogP contribution in [0.2, 0.25) is 0 Å². The minimum atomic E-state index is -0.672. The van der Waals surface area contributed by atoms with Crippen molar-refractivity contribution >= 4 is 28.6 Å². The van der Waals surface area contributed by atoms with E-state index in [1.807, 2.05) is 12.1 Å². The number of carbonyl (C=O) groups excluding carboxylic acids is 1. The zero-order chi connectivity index (χ0) is 15.9. The van der Waals surface area contributed by atoms with Crippen LogP contribution in [-0.4, -0.2) is 29.1 Å². The molecule has 22 heavy (non-hydrogen) atoms. The summed E-state index contributed by atoms with van der Waals surface area (Å²) in [6.07, 6.45) is 13.9. The number of carbonyl (C=O) groups is 1. The molecule has 0 saturated heterocycles. The molecular weight excluding hydrogens is 296 g/mol. The number of nitrogens with one attached hydrogen (secondary N) is 1. The van der Waals surface area contributed by atoms with Crippen LogP contribution in [0.1, 0.15) is 5.56 Å². The van der Waals surface area contributed by atoms with Crippen LogP contribution in [0.3, 0.4) is 0 Å². The number of thioether (sulfide) groups is 1. The van der Waals surface area contributed by atoms with Crippen molar-refractivity contribution < 1.29 is 9.53 Å². The summed E-state index contributed by atoms with van der Waals surface area (Å²) >= 11 is 1.29. The number of rotatable bonds is 5. The molecule has 1 atom stereocenters. The molecule has 2 rings (SSSR count). The first-order valence-electron chi connectivity index (χ1n) is 6.45. The molecule has 0 aliphatic rings. The summed E-state index contributed by atoms with van der Waals surface area (Å²) in [5.41, 5.74) is 0.830. The first-order chi connectivity index (χ1) is 10.7. The smallest absolute Gasteiger partial charge is 0.272 e. The standard InChI is InChI=1S/C17H14N2O2S/c1-4-8-18-16(20)17(22-3)21-14-6-7-15-13(10-14)9-12(5-2)11-19-15/h1-2,6-7,9-11,17H,8H2,3H3,(H,18,20). The average Bonchev–Trinajstić information content (AvgIpc) is 2.56. The van der Waals surface area contributed by atoms with Crippen molar-refractivity contribution in [1.82, 2.24) is 10.3 Å². The van der Waals surface area contributed by atoms with Crippen LogP contribution in [-0.2, 0) is 4.79 Å². The molecule has 1 N–H and O–H groups in total. The van der Waals surface area contributed by atoms with E-state index in [2.05, 4.69) is 22.1 Å². The summed E-state index contributed by atoms with van der Waals surface area (Å²) < 4.78 is 5.71. The second-order valence-corrected chi connectivity index (χ2v) is 5.23. The number of aromatic nitrogens is 1. The Labute approximate surface area is 133 Å². The molecule has 0 bridgehead atoms. The Kier molecular flexibility index (Phi) is 5.30. The summed E-state index contributed by atoms with van der Waals surface area (Å²) in [5.74, 6) is 5.20. The number of terminal acetylenes is 2. The lowest BCUT2D eigenvalue weighted by Crippen LogP contribution is -2.36. The number of hydrogen-bond acceptors (Lipinski definition) is 4. The van der Waals surface area contributed by atoms with E-state index in [1.165, 1.54) is 11.8 Å². The van der Waals surface area contributed by atoms with E-state index >= 15 is 0 Å². The van der Waals surface area contributed by atoms with Crippen LogP contribution in [0.25, 0.3) is 10.9 Å². The second-order valence-electron chi connectivity index (χ2n) is 4.33. The van der Waals surface area contributed by atoms with E-state index in [4.69, 9.17) is 17.6 Å². The van der Waals surface area contributed by atoms with Gasteiger partial charge in [0.15, 0.2) is 0 Å². The van der Waals surface area contributed by atoms with Gasteiger partial charge in [0.1, 0.15) is 5.75 Å². The number of hydrogen-bond donors (Lipinski definition) is 1. The topological polar surface area (TPSA) is 51.2 Å². The summed E-state index contributed by atoms with van der Waals surface area (Å²) in [6.45, 7) is 0.173. The van der Waals surface area contributed by atoms with Gasteiger partial charge < -0.3 is 10.1 Å². The van der Waals surface area contributed by atoms with Gasteiger partial charge in [0, 0.05) is 17.1 Å². The number of ether oxygens (including phenoxy) is 1. The predicted octanol–water partition coefficient (Wildman–Crippen LogP) is 2.03. The number of nitrogens with zero attached hydrogens (tertiary/aromatic N) is 1. The van der Waals surface area contributed by atoms with E-state index in [0.717, 1.165) is 10.9 Å². The van der Waals surface area contributed by atoms with Crippen molar-refractivity contribution in [2.24, 2.45) is 0 Å². The highest BCUT2D eigenvalue weighted by Crippen LogP contribution is 2.23. The quantitative estimate of drug-likeness (QED) is 0.678. The van der Waals surface area contributed by atoms with Gasteiger partial charge in [-0.2, -0.15) is 0 Å². The first kappa shape index (κ1) is 15.8. The maximum atomic E-state index is 11.9. The van der Waals surface area contributed by atoms with Crippen molar-refractivity contribution in [3.8, 4) is 30.4 Å². The van der Waals surface area contributed by atoms with Crippen LogP contribution < -0.4 is 10.1 Å². The third kappa shape index (κ3) is 3.72. The third-order valence-corrected chi connectivity index (χ3v) is 3.59. The highest BCUT2D eigenvalue weighted by atomic mass is 32.2. The van der Waals surface area contributed by atoms with Crippen molar-refractivity contribution in [3.05, 3.63) is 36.0 Å². The zero-order valence-electron chi connectivity index (χ0n) is 12.0. The fourth-order valence-corrected chi connectivity index (χ4v) is 2.32. The number of fused-ring (bicyclic) bond motifs is 1. The average molecular weight is 310 g/mol. The van der Waals surface area contributed by atoms with Crippen LogP contribution >= 0.6 is 11.8 Å². The van der Waals surface area contributed by atoms with Crippen LogP contribution in [0.5, 0.6) is 5.75 Å². The minimum Gasteiger partial charge on any atom is -0.470 e. The molecule has 5 heteroatoms. The molecule has 1 amide bonds. The molecule has 0 spiro atoms. The first-order valence-corrected chi connectivity index (χ1v) is 7.73. The maximum Gasteiger partial charge on any atom is 0.272 e. The molecule has 0 saturated carbocycles. The number of benzene rings is 1. The molecule has 1 heterocycles. The summed E-state index contributed by atoms with van der Waals surface area (Å²) in [6, 6.07) is 7.24. The Hall–Kier alpha value is -2.63. The van der Waals surface area contributed by atoms with Gasteiger partial charge in [-0.25, -0.2) is 0 Å². The molecule has 110 valence electrons. The van der Waals surface area contributed by atoms with Gasteiger partial charge in [0.05, 0.1) is 12.1 Å². The van der Waals surface area contributed by atoms with Gasteiger partial charge in [-0.3, -0.25) is 9.78 Å². The number of amides is 1. The Morgan fingerprint density at radius 3 is 2.95 bits per heavy atom. The van der Waals surface area contributed by atoms with E-state index in [9.17, 15) is 4.79 Å². The van der Waals surface area contributed by atoms with Gasteiger partial charge in [-0.15, -0.1) is 24.6 Å². The molecule has 1 aromatic carbocycles. The largest absolute Gasteiger partial charge is 0.470 e. The van der Waals surface area contributed by atoms with Gasteiger partial charge >= 0.3 is 0 Å². The van der Waals surface area contributed by atoms with Crippen molar-refractivity contribution in [3.63, 3.8) is 0 Å². The normalized spacial score (nSPS) is 11.2. The molecule has 0 fully saturated rings. The Morgan fingerprint density at radius 2 is 2.27 bits per heavy atom. The van der Waals surface area contributed by atoms with Gasteiger partial charge in [-0.1, -0.05) is 11.8 Å². The van der Waals surface area contributed by atoms with E-state index in [1.54, 1.807) is 24.6 Å². The molecule has 0 aliphatic carbocycles. The maximum absolute atomic E-state index is 11.9. The van der Waals surface area contributed by atoms with Crippen molar-refractivity contribution in [2.75, 3.05) is 12.8 Å². The highest BCUT2D eigenvalue weighted by Gasteiger charge is 2.18. The molecule has 1 aromatic heterocycles. The SMILES string of the molecule is C#CCNC(=O)C(Oc1ccc2ncc(C#C)cc2c1)SC. The second kappa shape index (κ2) is 7.40. The molecule has 0 aliphatic heterocycles. The molecule has 1 unspecified atom stereocenters. The van der Waals surface area contributed by atoms with Crippen LogP contribution in [0, 0.1) is 24.7 Å². The minimum absolute atomic E-state index is 0.173. The van der Waals surface area contributed by atoms with Crippen molar-refractivity contribution in [2.45, 2.75) is 5.44 Å². The van der Waals surface area contributed by atoms with E-state index < -0.39 is 5.44 Å². The molecular formula is C17H14N2O2S. The fraction of sp³-hybridized carbons (Fsp3) is 0.176.